The van der Waals surface area contributed by atoms with E-state index in [2.05, 4.69) is 10.4 Å². The second kappa shape index (κ2) is 6.34. The molecule has 1 aromatic carbocycles. The van der Waals surface area contributed by atoms with Crippen molar-refractivity contribution < 1.29 is 9.53 Å². The van der Waals surface area contributed by atoms with Gasteiger partial charge in [-0.2, -0.15) is 5.10 Å². The van der Waals surface area contributed by atoms with E-state index in [0.29, 0.717) is 18.7 Å². The normalized spacial score (nSPS) is 10.6. The molecule has 0 fully saturated rings. The standard InChI is InChI=1S/C15H19N3O2/c1-11-14(9-17-18(11)2)15(19)16-8-12-4-6-13(7-5-12)10-20-3/h4-7,9H,8,10H2,1-3H3,(H,16,19). The van der Waals surface area contributed by atoms with Crippen molar-refractivity contribution in [2.75, 3.05) is 7.11 Å². The summed E-state index contributed by atoms with van der Waals surface area (Å²) < 4.78 is 6.75. The summed E-state index contributed by atoms with van der Waals surface area (Å²) in [7, 11) is 3.49. The molecule has 0 atom stereocenters. The Labute approximate surface area is 118 Å². The number of hydrogen-bond donors (Lipinski definition) is 1. The number of methoxy groups -OCH3 is 1. The lowest BCUT2D eigenvalue weighted by Gasteiger charge is -2.06. The van der Waals surface area contributed by atoms with Crippen molar-refractivity contribution in [2.45, 2.75) is 20.1 Å². The fraction of sp³-hybridized carbons (Fsp3) is 0.333. The first-order valence-electron chi connectivity index (χ1n) is 6.45. The van der Waals surface area contributed by atoms with E-state index < -0.39 is 0 Å². The van der Waals surface area contributed by atoms with Gasteiger partial charge in [-0.25, -0.2) is 0 Å². The van der Waals surface area contributed by atoms with Crippen LogP contribution in [0.2, 0.25) is 0 Å². The largest absolute Gasteiger partial charge is 0.380 e. The van der Waals surface area contributed by atoms with Crippen LogP contribution in [0.4, 0.5) is 0 Å². The van der Waals surface area contributed by atoms with Crippen molar-refractivity contribution in [1.82, 2.24) is 15.1 Å². The van der Waals surface area contributed by atoms with Crippen molar-refractivity contribution in [1.29, 1.82) is 0 Å². The molecule has 0 saturated carbocycles. The number of nitrogens with zero attached hydrogens (tertiary/aromatic N) is 2. The molecule has 0 aliphatic carbocycles. The van der Waals surface area contributed by atoms with E-state index in [4.69, 9.17) is 4.74 Å². The minimum absolute atomic E-state index is 0.100. The molecule has 1 heterocycles. The van der Waals surface area contributed by atoms with E-state index in [1.807, 2.05) is 38.2 Å². The van der Waals surface area contributed by atoms with Gasteiger partial charge in [0, 0.05) is 26.4 Å². The minimum Gasteiger partial charge on any atom is -0.380 e. The molecule has 0 saturated heterocycles. The molecule has 1 aromatic heterocycles. The lowest BCUT2D eigenvalue weighted by Crippen LogP contribution is -2.23. The van der Waals surface area contributed by atoms with Crippen molar-refractivity contribution in [2.24, 2.45) is 7.05 Å². The van der Waals surface area contributed by atoms with Gasteiger partial charge in [-0.1, -0.05) is 24.3 Å². The minimum atomic E-state index is -0.100. The lowest BCUT2D eigenvalue weighted by molar-refractivity contribution is 0.0950. The Kier molecular flexibility index (Phi) is 4.53. The average molecular weight is 273 g/mol. The van der Waals surface area contributed by atoms with Crippen LogP contribution in [0.3, 0.4) is 0 Å². The fourth-order valence-electron chi connectivity index (χ4n) is 1.92. The van der Waals surface area contributed by atoms with E-state index in [1.165, 1.54) is 0 Å². The van der Waals surface area contributed by atoms with Gasteiger partial charge in [0.1, 0.15) is 0 Å². The molecule has 20 heavy (non-hydrogen) atoms. The first-order valence-corrected chi connectivity index (χ1v) is 6.45. The number of ether oxygens (including phenoxy) is 1. The molecular weight excluding hydrogens is 254 g/mol. The van der Waals surface area contributed by atoms with Gasteiger partial charge in [0.25, 0.3) is 5.91 Å². The maximum atomic E-state index is 12.0. The van der Waals surface area contributed by atoms with Crippen molar-refractivity contribution in [3.8, 4) is 0 Å². The predicted octanol–water partition coefficient (Wildman–Crippen LogP) is 1.80. The van der Waals surface area contributed by atoms with Crippen LogP contribution in [0.15, 0.2) is 30.5 Å². The Morgan fingerprint density at radius 3 is 2.50 bits per heavy atom. The third-order valence-corrected chi connectivity index (χ3v) is 3.27. The summed E-state index contributed by atoms with van der Waals surface area (Å²) in [6.07, 6.45) is 1.59. The van der Waals surface area contributed by atoms with E-state index in [1.54, 1.807) is 18.0 Å². The number of hydrogen-bond acceptors (Lipinski definition) is 3. The molecule has 5 heteroatoms. The van der Waals surface area contributed by atoms with Gasteiger partial charge >= 0.3 is 0 Å². The number of carbonyl (C=O) groups excluding carboxylic acids is 1. The fourth-order valence-corrected chi connectivity index (χ4v) is 1.92. The number of aromatic nitrogens is 2. The molecule has 0 bridgehead atoms. The maximum absolute atomic E-state index is 12.0. The second-order valence-corrected chi connectivity index (χ2v) is 4.70. The zero-order valence-electron chi connectivity index (χ0n) is 12.0. The molecule has 2 aromatic rings. The highest BCUT2D eigenvalue weighted by molar-refractivity contribution is 5.94. The summed E-state index contributed by atoms with van der Waals surface area (Å²) in [5.74, 6) is -0.100. The van der Waals surface area contributed by atoms with Crippen LogP contribution in [0, 0.1) is 6.92 Å². The third kappa shape index (κ3) is 3.24. The Balaban J connectivity index is 1.95. The average Bonchev–Trinajstić information content (AvgIpc) is 2.78. The highest BCUT2D eigenvalue weighted by Crippen LogP contribution is 2.08. The lowest BCUT2D eigenvalue weighted by atomic mass is 10.1. The second-order valence-electron chi connectivity index (χ2n) is 4.70. The Morgan fingerprint density at radius 2 is 1.95 bits per heavy atom. The van der Waals surface area contributed by atoms with Gasteiger partial charge in [-0.05, 0) is 18.1 Å². The summed E-state index contributed by atoms with van der Waals surface area (Å²) in [6, 6.07) is 7.98. The molecular formula is C15H19N3O2. The van der Waals surface area contributed by atoms with Crippen molar-refractivity contribution in [3.05, 3.63) is 52.8 Å². The molecule has 1 amide bonds. The van der Waals surface area contributed by atoms with E-state index >= 15 is 0 Å². The van der Waals surface area contributed by atoms with Gasteiger partial charge in [-0.3, -0.25) is 9.48 Å². The maximum Gasteiger partial charge on any atom is 0.255 e. The van der Waals surface area contributed by atoms with E-state index in [0.717, 1.165) is 16.8 Å². The summed E-state index contributed by atoms with van der Waals surface area (Å²) in [5, 5.41) is 6.96. The van der Waals surface area contributed by atoms with E-state index in [9.17, 15) is 4.79 Å². The van der Waals surface area contributed by atoms with E-state index in [-0.39, 0.29) is 5.91 Å². The molecule has 2 rings (SSSR count). The van der Waals surface area contributed by atoms with Crippen LogP contribution < -0.4 is 5.32 Å². The van der Waals surface area contributed by atoms with Crippen molar-refractivity contribution >= 4 is 5.91 Å². The molecule has 106 valence electrons. The van der Waals surface area contributed by atoms with Crippen molar-refractivity contribution in [3.63, 3.8) is 0 Å². The topological polar surface area (TPSA) is 56.1 Å². The highest BCUT2D eigenvalue weighted by atomic mass is 16.5. The van der Waals surface area contributed by atoms with Gasteiger partial charge in [0.2, 0.25) is 0 Å². The molecule has 0 aliphatic heterocycles. The summed E-state index contributed by atoms with van der Waals surface area (Å²) in [4.78, 5) is 12.0. The molecule has 0 spiro atoms. The third-order valence-electron chi connectivity index (χ3n) is 3.27. The van der Waals surface area contributed by atoms with Gasteiger partial charge < -0.3 is 10.1 Å². The Bertz CT molecular complexity index is 588. The summed E-state index contributed by atoms with van der Waals surface area (Å²) in [5.41, 5.74) is 3.65. The first-order chi connectivity index (χ1) is 9.61. The Morgan fingerprint density at radius 1 is 1.30 bits per heavy atom. The smallest absolute Gasteiger partial charge is 0.255 e. The molecule has 5 nitrogen and oxygen atoms in total. The molecule has 0 unspecified atom stereocenters. The summed E-state index contributed by atoms with van der Waals surface area (Å²) in [6.45, 7) is 2.98. The number of benzene rings is 1. The zero-order valence-corrected chi connectivity index (χ0v) is 12.0. The van der Waals surface area contributed by atoms with Gasteiger partial charge in [-0.15, -0.1) is 0 Å². The monoisotopic (exact) mass is 273 g/mol. The zero-order chi connectivity index (χ0) is 14.5. The van der Waals surface area contributed by atoms with Crippen LogP contribution in [0.5, 0.6) is 0 Å². The first kappa shape index (κ1) is 14.3. The number of carbonyl (C=O) groups is 1. The number of nitrogens with one attached hydrogen (secondary N) is 1. The highest BCUT2D eigenvalue weighted by Gasteiger charge is 2.12. The van der Waals surface area contributed by atoms with Gasteiger partial charge in [0.15, 0.2) is 0 Å². The summed E-state index contributed by atoms with van der Waals surface area (Å²) >= 11 is 0. The number of amides is 1. The van der Waals surface area contributed by atoms with Crippen LogP contribution in [0.25, 0.3) is 0 Å². The molecule has 0 radical (unpaired) electrons. The van der Waals surface area contributed by atoms with Crippen LogP contribution in [0.1, 0.15) is 27.2 Å². The van der Waals surface area contributed by atoms with Crippen LogP contribution in [-0.4, -0.2) is 22.8 Å². The van der Waals surface area contributed by atoms with Crippen LogP contribution >= 0.6 is 0 Å². The molecule has 0 aliphatic rings. The Hall–Kier alpha value is -2.14. The van der Waals surface area contributed by atoms with Gasteiger partial charge in [0.05, 0.1) is 18.4 Å². The molecule has 1 N–H and O–H groups in total. The number of aryl methyl sites for hydroxylation is 1. The SMILES string of the molecule is COCc1ccc(CNC(=O)c2cnn(C)c2C)cc1. The predicted molar refractivity (Wildman–Crippen MR) is 76.3 cm³/mol. The van der Waals surface area contributed by atoms with Crippen LogP contribution in [-0.2, 0) is 24.9 Å². The number of rotatable bonds is 5. The quantitative estimate of drug-likeness (QED) is 0.904.